The molecule has 122 valence electrons. The third kappa shape index (κ3) is 2.60. The maximum Gasteiger partial charge on any atom is 0.162 e. The molecule has 1 N–H and O–H groups in total. The van der Waals surface area contributed by atoms with Gasteiger partial charge in [0.25, 0.3) is 0 Å². The second-order valence-electron chi connectivity index (χ2n) is 7.40. The Balaban J connectivity index is 1.83. The number of allylic oxidation sites excluding steroid dienone is 3. The van der Waals surface area contributed by atoms with Crippen molar-refractivity contribution in [2.24, 2.45) is 5.41 Å². The molecule has 1 atom stereocenters. The molecule has 1 aliphatic heterocycles. The van der Waals surface area contributed by atoms with Gasteiger partial charge in [0.05, 0.1) is 12.2 Å². The van der Waals surface area contributed by atoms with E-state index in [-0.39, 0.29) is 17.1 Å². The predicted octanol–water partition coefficient (Wildman–Crippen LogP) is 4.65. The molecule has 0 saturated carbocycles. The average Bonchev–Trinajstić information content (AvgIpc) is 3.07. The minimum atomic E-state index is -0.116. The SMILES string of the molecule is CC1(C)CC(=O)C2=C(C1)NC(c1ccccc1)=CC2c1ccco1. The van der Waals surface area contributed by atoms with Gasteiger partial charge >= 0.3 is 0 Å². The van der Waals surface area contributed by atoms with Crippen LogP contribution in [0.25, 0.3) is 5.70 Å². The summed E-state index contributed by atoms with van der Waals surface area (Å²) in [6, 6.07) is 14.1. The van der Waals surface area contributed by atoms with E-state index in [4.69, 9.17) is 4.42 Å². The van der Waals surface area contributed by atoms with Crippen molar-refractivity contribution in [3.05, 3.63) is 77.4 Å². The van der Waals surface area contributed by atoms with Gasteiger partial charge in [0.15, 0.2) is 5.78 Å². The molecule has 3 heteroatoms. The largest absolute Gasteiger partial charge is 0.468 e. The van der Waals surface area contributed by atoms with Crippen LogP contribution in [0.5, 0.6) is 0 Å². The number of Topliss-reactive ketones (excluding diaryl/α,β-unsaturated/α-hetero) is 1. The zero-order valence-electron chi connectivity index (χ0n) is 14.0. The third-order valence-electron chi connectivity index (χ3n) is 4.78. The van der Waals surface area contributed by atoms with Crippen molar-refractivity contribution < 1.29 is 9.21 Å². The Labute approximate surface area is 142 Å². The van der Waals surface area contributed by atoms with Gasteiger partial charge in [-0.25, -0.2) is 0 Å². The monoisotopic (exact) mass is 319 g/mol. The number of benzene rings is 1. The summed E-state index contributed by atoms with van der Waals surface area (Å²) in [4.78, 5) is 12.8. The highest BCUT2D eigenvalue weighted by atomic mass is 16.3. The van der Waals surface area contributed by atoms with Crippen molar-refractivity contribution in [3.63, 3.8) is 0 Å². The molecule has 2 heterocycles. The van der Waals surface area contributed by atoms with Crippen LogP contribution in [0.3, 0.4) is 0 Å². The summed E-state index contributed by atoms with van der Waals surface area (Å²) in [6.07, 6.45) is 5.24. The molecule has 0 bridgehead atoms. The van der Waals surface area contributed by atoms with E-state index in [0.717, 1.165) is 34.7 Å². The van der Waals surface area contributed by atoms with Crippen LogP contribution >= 0.6 is 0 Å². The molecule has 1 unspecified atom stereocenters. The van der Waals surface area contributed by atoms with Crippen LogP contribution in [-0.2, 0) is 4.79 Å². The summed E-state index contributed by atoms with van der Waals surface area (Å²) in [5, 5.41) is 3.53. The Morgan fingerprint density at radius 2 is 1.88 bits per heavy atom. The molecule has 0 fully saturated rings. The Morgan fingerprint density at radius 3 is 2.58 bits per heavy atom. The summed E-state index contributed by atoms with van der Waals surface area (Å²) < 4.78 is 5.65. The number of carbonyl (C=O) groups excluding carboxylic acids is 1. The lowest BCUT2D eigenvalue weighted by molar-refractivity contribution is -0.118. The molecule has 0 amide bonds. The molecule has 0 radical (unpaired) electrons. The van der Waals surface area contributed by atoms with Crippen molar-refractivity contribution in [1.29, 1.82) is 0 Å². The Bertz CT molecular complexity index is 826. The summed E-state index contributed by atoms with van der Waals surface area (Å²) in [6.45, 7) is 4.30. The standard InChI is InChI=1S/C21H21NO2/c1-21(2)12-17-20(18(23)13-21)15(19-9-6-10-24-19)11-16(22-17)14-7-4-3-5-8-14/h3-11,15,22H,12-13H2,1-2H3. The Kier molecular flexibility index (Phi) is 3.45. The summed E-state index contributed by atoms with van der Waals surface area (Å²) >= 11 is 0. The molecule has 1 aromatic heterocycles. The molecular weight excluding hydrogens is 298 g/mol. The number of dihydropyridines is 1. The van der Waals surface area contributed by atoms with Crippen molar-refractivity contribution in [3.8, 4) is 0 Å². The maximum absolute atomic E-state index is 12.8. The van der Waals surface area contributed by atoms with Gasteiger partial charge in [0.2, 0.25) is 0 Å². The van der Waals surface area contributed by atoms with E-state index in [9.17, 15) is 4.79 Å². The quantitative estimate of drug-likeness (QED) is 0.876. The van der Waals surface area contributed by atoms with Gasteiger partial charge in [0, 0.05) is 23.4 Å². The number of hydrogen-bond donors (Lipinski definition) is 1. The van der Waals surface area contributed by atoms with Crippen LogP contribution in [0.1, 0.15) is 43.9 Å². The first-order chi connectivity index (χ1) is 11.5. The number of rotatable bonds is 2. The molecule has 0 spiro atoms. The van der Waals surface area contributed by atoms with Gasteiger partial charge in [-0.05, 0) is 35.6 Å². The number of ketones is 1. The van der Waals surface area contributed by atoms with E-state index in [1.54, 1.807) is 6.26 Å². The van der Waals surface area contributed by atoms with Gasteiger partial charge in [-0.15, -0.1) is 0 Å². The summed E-state index contributed by atoms with van der Waals surface area (Å²) in [5.41, 5.74) is 4.05. The second kappa shape index (κ2) is 5.52. The molecule has 2 aliphatic rings. The van der Waals surface area contributed by atoms with Gasteiger partial charge in [-0.1, -0.05) is 44.2 Å². The van der Waals surface area contributed by atoms with E-state index in [1.165, 1.54) is 0 Å². The molecule has 4 rings (SSSR count). The van der Waals surface area contributed by atoms with Crippen molar-refractivity contribution in [2.75, 3.05) is 0 Å². The van der Waals surface area contributed by atoms with Crippen molar-refractivity contribution >= 4 is 11.5 Å². The highest BCUT2D eigenvalue weighted by Crippen LogP contribution is 2.44. The van der Waals surface area contributed by atoms with Crippen LogP contribution in [0.4, 0.5) is 0 Å². The molecule has 0 saturated heterocycles. The number of nitrogens with one attached hydrogen (secondary N) is 1. The number of carbonyl (C=O) groups is 1. The highest BCUT2D eigenvalue weighted by molar-refractivity contribution is 6.00. The Morgan fingerprint density at radius 1 is 1.08 bits per heavy atom. The minimum absolute atomic E-state index is 0.0181. The van der Waals surface area contributed by atoms with Crippen LogP contribution < -0.4 is 5.32 Å². The lowest BCUT2D eigenvalue weighted by Gasteiger charge is -2.37. The fraction of sp³-hybridized carbons (Fsp3) is 0.286. The smallest absolute Gasteiger partial charge is 0.162 e. The van der Waals surface area contributed by atoms with Crippen molar-refractivity contribution in [1.82, 2.24) is 5.32 Å². The van der Waals surface area contributed by atoms with E-state index < -0.39 is 0 Å². The summed E-state index contributed by atoms with van der Waals surface area (Å²) in [5.74, 6) is 0.930. The first-order valence-electron chi connectivity index (χ1n) is 8.37. The minimum Gasteiger partial charge on any atom is -0.468 e. The van der Waals surface area contributed by atoms with Crippen LogP contribution in [-0.4, -0.2) is 5.78 Å². The lowest BCUT2D eigenvalue weighted by atomic mass is 9.71. The van der Waals surface area contributed by atoms with E-state index >= 15 is 0 Å². The normalized spacial score (nSPS) is 22.7. The molecule has 24 heavy (non-hydrogen) atoms. The lowest BCUT2D eigenvalue weighted by Crippen LogP contribution is -2.35. The zero-order valence-corrected chi connectivity index (χ0v) is 14.0. The molecule has 1 aliphatic carbocycles. The summed E-state index contributed by atoms with van der Waals surface area (Å²) in [7, 11) is 0. The first-order valence-corrected chi connectivity index (χ1v) is 8.37. The maximum atomic E-state index is 12.8. The number of furan rings is 1. The van der Waals surface area contributed by atoms with E-state index in [1.807, 2.05) is 30.3 Å². The van der Waals surface area contributed by atoms with Gasteiger partial charge in [-0.2, -0.15) is 0 Å². The van der Waals surface area contributed by atoms with E-state index in [2.05, 4.69) is 37.4 Å². The van der Waals surface area contributed by atoms with Crippen molar-refractivity contribution in [2.45, 2.75) is 32.6 Å². The average molecular weight is 319 g/mol. The molecular formula is C21H21NO2. The Hall–Kier alpha value is -2.55. The van der Waals surface area contributed by atoms with Crippen LogP contribution in [0, 0.1) is 5.41 Å². The van der Waals surface area contributed by atoms with Gasteiger partial charge < -0.3 is 9.73 Å². The number of hydrogen-bond acceptors (Lipinski definition) is 3. The van der Waals surface area contributed by atoms with Gasteiger partial charge in [0.1, 0.15) is 5.76 Å². The zero-order chi connectivity index (χ0) is 16.7. The molecule has 1 aromatic carbocycles. The highest BCUT2D eigenvalue weighted by Gasteiger charge is 2.39. The predicted molar refractivity (Wildman–Crippen MR) is 94.1 cm³/mol. The molecule has 2 aromatic rings. The van der Waals surface area contributed by atoms with Gasteiger partial charge in [-0.3, -0.25) is 4.79 Å². The van der Waals surface area contributed by atoms with E-state index in [0.29, 0.717) is 6.42 Å². The van der Waals surface area contributed by atoms with Crippen LogP contribution in [0.15, 0.2) is 70.5 Å². The fourth-order valence-electron chi connectivity index (χ4n) is 3.74. The molecule has 3 nitrogen and oxygen atoms in total. The van der Waals surface area contributed by atoms with Crippen LogP contribution in [0.2, 0.25) is 0 Å². The first kappa shape index (κ1) is 15.0. The third-order valence-corrected chi connectivity index (χ3v) is 4.78. The second-order valence-corrected chi connectivity index (χ2v) is 7.40. The fourth-order valence-corrected chi connectivity index (χ4v) is 3.74. The topological polar surface area (TPSA) is 42.2 Å².